The van der Waals surface area contributed by atoms with Gasteiger partial charge in [0.15, 0.2) is 12.4 Å². The van der Waals surface area contributed by atoms with E-state index in [2.05, 4.69) is 28.8 Å². The molecule has 0 aliphatic heterocycles. The number of nitrogens with zero attached hydrogens (tertiary/aromatic N) is 1. The molecule has 2 N–H and O–H groups in total. The maximum Gasteiger partial charge on any atom is 0.211 e. The molecule has 1 aromatic carbocycles. The van der Waals surface area contributed by atoms with E-state index in [1.165, 1.54) is 16.3 Å². The summed E-state index contributed by atoms with van der Waals surface area (Å²) in [5, 5.41) is 2.38. The fourth-order valence-corrected chi connectivity index (χ4v) is 1.85. The lowest BCUT2D eigenvalue weighted by Gasteiger charge is -1.97. The first kappa shape index (κ1) is 10.9. The molecule has 0 bridgehead atoms. The molecular formula is C13H11BrN2. The fourth-order valence-electron chi connectivity index (χ4n) is 1.85. The van der Waals surface area contributed by atoms with Crippen LogP contribution in [0.25, 0.3) is 16.3 Å². The molecule has 0 saturated carbocycles. The molecule has 2 heterocycles. The summed E-state index contributed by atoms with van der Waals surface area (Å²) in [5.41, 5.74) is 7.75. The van der Waals surface area contributed by atoms with Gasteiger partial charge in [-0.25, -0.2) is 0 Å². The number of benzene rings is 1. The standard InChI is InChI=1S/C13H11N2.BrH/c14-12-5-4-10-8-13-3-1-2-6-15(13)9-11(10)7-12;/h1-9H,14H2;1H/q+1;/p-1. The van der Waals surface area contributed by atoms with Gasteiger partial charge in [0, 0.05) is 29.3 Å². The van der Waals surface area contributed by atoms with Crippen molar-refractivity contribution in [3.63, 3.8) is 0 Å². The Balaban J connectivity index is 0.000000963. The van der Waals surface area contributed by atoms with Gasteiger partial charge in [0.2, 0.25) is 5.52 Å². The van der Waals surface area contributed by atoms with Gasteiger partial charge < -0.3 is 22.7 Å². The first-order valence-electron chi connectivity index (χ1n) is 4.92. The van der Waals surface area contributed by atoms with E-state index >= 15 is 0 Å². The Labute approximate surface area is 104 Å². The van der Waals surface area contributed by atoms with E-state index in [0.29, 0.717) is 0 Å². The molecule has 2 aromatic heterocycles. The van der Waals surface area contributed by atoms with Gasteiger partial charge in [0.05, 0.1) is 0 Å². The molecular weight excluding hydrogens is 264 g/mol. The smallest absolute Gasteiger partial charge is 0.211 e. The zero-order valence-electron chi connectivity index (χ0n) is 8.60. The molecule has 16 heavy (non-hydrogen) atoms. The highest BCUT2D eigenvalue weighted by Gasteiger charge is 2.03. The summed E-state index contributed by atoms with van der Waals surface area (Å²) in [5.74, 6) is 0. The van der Waals surface area contributed by atoms with Crippen LogP contribution in [0, 0.1) is 0 Å². The van der Waals surface area contributed by atoms with E-state index < -0.39 is 0 Å². The summed E-state index contributed by atoms with van der Waals surface area (Å²) in [4.78, 5) is 0. The average Bonchev–Trinajstić information content (AvgIpc) is 2.26. The Kier molecular flexibility index (Phi) is 2.79. The highest BCUT2D eigenvalue weighted by Crippen LogP contribution is 2.16. The zero-order chi connectivity index (χ0) is 10.3. The number of halogens is 1. The van der Waals surface area contributed by atoms with Crippen LogP contribution < -0.4 is 27.1 Å². The predicted octanol–water partition coefficient (Wildman–Crippen LogP) is -0.835. The van der Waals surface area contributed by atoms with E-state index in [0.717, 1.165) is 5.69 Å². The number of aromatic nitrogens is 1. The summed E-state index contributed by atoms with van der Waals surface area (Å²) in [6.45, 7) is 0. The number of pyridine rings is 2. The Bertz CT molecular complexity index is 650. The lowest BCUT2D eigenvalue weighted by molar-refractivity contribution is -0.510. The molecule has 0 spiro atoms. The number of nitrogens with two attached hydrogens (primary N) is 1. The SMILES string of the molecule is Nc1ccc2cc3cccc[n+]3cc2c1.[Br-]. The number of rotatable bonds is 0. The summed E-state index contributed by atoms with van der Waals surface area (Å²) >= 11 is 0. The van der Waals surface area contributed by atoms with Gasteiger partial charge in [-0.3, -0.25) is 0 Å². The van der Waals surface area contributed by atoms with Crippen molar-refractivity contribution in [1.82, 2.24) is 0 Å². The molecule has 80 valence electrons. The molecule has 3 rings (SSSR count). The quantitative estimate of drug-likeness (QED) is 0.324. The second-order valence-electron chi connectivity index (χ2n) is 3.69. The Morgan fingerprint density at radius 2 is 1.81 bits per heavy atom. The topological polar surface area (TPSA) is 30.1 Å². The molecule has 0 radical (unpaired) electrons. The molecule has 2 nitrogen and oxygen atoms in total. The highest BCUT2D eigenvalue weighted by atomic mass is 79.9. The lowest BCUT2D eigenvalue weighted by atomic mass is 10.1. The maximum absolute atomic E-state index is 5.76. The van der Waals surface area contributed by atoms with Crippen LogP contribution in [-0.2, 0) is 0 Å². The van der Waals surface area contributed by atoms with E-state index in [-0.39, 0.29) is 17.0 Å². The lowest BCUT2D eigenvalue weighted by Crippen LogP contribution is -3.00. The van der Waals surface area contributed by atoms with Crippen LogP contribution in [0.1, 0.15) is 0 Å². The van der Waals surface area contributed by atoms with Crippen molar-refractivity contribution in [3.05, 3.63) is 54.9 Å². The van der Waals surface area contributed by atoms with Crippen molar-refractivity contribution < 1.29 is 21.4 Å². The zero-order valence-corrected chi connectivity index (χ0v) is 10.2. The predicted molar refractivity (Wildman–Crippen MR) is 61.5 cm³/mol. The van der Waals surface area contributed by atoms with E-state index in [9.17, 15) is 0 Å². The second kappa shape index (κ2) is 4.10. The summed E-state index contributed by atoms with van der Waals surface area (Å²) in [6, 6.07) is 14.3. The van der Waals surface area contributed by atoms with Crippen molar-refractivity contribution in [2.24, 2.45) is 0 Å². The number of fused-ring (bicyclic) bond motifs is 2. The first-order chi connectivity index (χ1) is 7.33. The highest BCUT2D eigenvalue weighted by molar-refractivity contribution is 5.86. The summed E-state index contributed by atoms with van der Waals surface area (Å²) in [6.07, 6.45) is 4.14. The molecule has 3 aromatic rings. The van der Waals surface area contributed by atoms with Crippen LogP contribution in [0.2, 0.25) is 0 Å². The van der Waals surface area contributed by atoms with Gasteiger partial charge >= 0.3 is 0 Å². The number of hydrogen-bond acceptors (Lipinski definition) is 1. The number of anilines is 1. The van der Waals surface area contributed by atoms with Crippen LogP contribution in [0.4, 0.5) is 5.69 Å². The summed E-state index contributed by atoms with van der Waals surface area (Å²) in [7, 11) is 0. The van der Waals surface area contributed by atoms with Gasteiger partial charge in [0.1, 0.15) is 0 Å². The Hall–Kier alpha value is -1.61. The van der Waals surface area contributed by atoms with Gasteiger partial charge in [-0.05, 0) is 23.6 Å². The molecule has 0 atom stereocenters. The van der Waals surface area contributed by atoms with Crippen molar-refractivity contribution in [3.8, 4) is 0 Å². The van der Waals surface area contributed by atoms with Crippen molar-refractivity contribution >= 4 is 22.0 Å². The second-order valence-corrected chi connectivity index (χ2v) is 3.69. The van der Waals surface area contributed by atoms with Crippen molar-refractivity contribution in [1.29, 1.82) is 0 Å². The van der Waals surface area contributed by atoms with Crippen LogP contribution in [0.5, 0.6) is 0 Å². The largest absolute Gasteiger partial charge is 1.00 e. The van der Waals surface area contributed by atoms with Crippen LogP contribution in [-0.4, -0.2) is 0 Å². The van der Waals surface area contributed by atoms with Crippen LogP contribution >= 0.6 is 0 Å². The van der Waals surface area contributed by atoms with Gasteiger partial charge in [0.25, 0.3) is 0 Å². The van der Waals surface area contributed by atoms with Gasteiger partial charge in [-0.1, -0.05) is 6.07 Å². The third-order valence-corrected chi connectivity index (χ3v) is 2.62. The minimum atomic E-state index is 0. The maximum atomic E-state index is 5.76. The minimum absolute atomic E-state index is 0. The summed E-state index contributed by atoms with van der Waals surface area (Å²) < 4.78 is 2.10. The molecule has 0 unspecified atom stereocenters. The van der Waals surface area contributed by atoms with E-state index in [1.54, 1.807) is 0 Å². The van der Waals surface area contributed by atoms with Gasteiger partial charge in [-0.15, -0.1) is 0 Å². The number of nitrogen functional groups attached to an aromatic ring is 1. The molecule has 0 amide bonds. The van der Waals surface area contributed by atoms with E-state index in [1.807, 2.05) is 30.5 Å². The molecule has 0 aliphatic carbocycles. The molecule has 0 fully saturated rings. The van der Waals surface area contributed by atoms with Gasteiger partial charge in [-0.2, -0.15) is 4.40 Å². The fraction of sp³-hybridized carbons (Fsp3) is 0. The van der Waals surface area contributed by atoms with E-state index in [4.69, 9.17) is 5.73 Å². The normalized spacial score (nSPS) is 10.2. The minimum Gasteiger partial charge on any atom is -1.00 e. The number of hydrogen-bond donors (Lipinski definition) is 1. The molecule has 0 aliphatic rings. The monoisotopic (exact) mass is 274 g/mol. The first-order valence-corrected chi connectivity index (χ1v) is 4.92. The Morgan fingerprint density at radius 1 is 0.938 bits per heavy atom. The van der Waals surface area contributed by atoms with Crippen LogP contribution in [0.3, 0.4) is 0 Å². The Morgan fingerprint density at radius 3 is 2.69 bits per heavy atom. The molecule has 3 heteroatoms. The molecule has 0 saturated heterocycles. The van der Waals surface area contributed by atoms with Crippen molar-refractivity contribution in [2.75, 3.05) is 5.73 Å². The van der Waals surface area contributed by atoms with Crippen molar-refractivity contribution in [2.45, 2.75) is 0 Å². The van der Waals surface area contributed by atoms with Crippen LogP contribution in [0.15, 0.2) is 54.9 Å². The average molecular weight is 275 g/mol. The third-order valence-electron chi connectivity index (χ3n) is 2.62. The third kappa shape index (κ3) is 1.74.